The van der Waals surface area contributed by atoms with Crippen LogP contribution in [0.3, 0.4) is 0 Å². The number of aliphatic carboxylic acids is 2. The molecule has 1 heterocycles. The van der Waals surface area contributed by atoms with Crippen molar-refractivity contribution in [1.29, 1.82) is 0 Å². The van der Waals surface area contributed by atoms with E-state index >= 15 is 0 Å². The van der Waals surface area contributed by atoms with E-state index < -0.39 is 23.5 Å². The number of hydrogen-bond donors (Lipinski definition) is 4. The van der Waals surface area contributed by atoms with Gasteiger partial charge in [0.05, 0.1) is 0 Å². The van der Waals surface area contributed by atoms with Gasteiger partial charge in [-0.1, -0.05) is 0 Å². The Morgan fingerprint density at radius 2 is 2.08 bits per heavy atom. The molecule has 0 aromatic carbocycles. The van der Waals surface area contributed by atoms with Gasteiger partial charge < -0.3 is 21.3 Å². The van der Waals surface area contributed by atoms with Gasteiger partial charge in [-0.3, -0.25) is 9.59 Å². The highest BCUT2D eigenvalue weighted by Gasteiger charge is 2.41. The number of piperidine rings is 1. The van der Waals surface area contributed by atoms with Gasteiger partial charge in [0, 0.05) is 6.42 Å². The smallest absolute Gasteiger partial charge is 0.323 e. The molecule has 74 valence electrons. The fourth-order valence-electron chi connectivity index (χ4n) is 1.38. The molecule has 0 radical (unpaired) electrons. The Balaban J connectivity index is 2.71. The van der Waals surface area contributed by atoms with Gasteiger partial charge in [0.25, 0.3) is 0 Å². The third kappa shape index (κ3) is 1.96. The summed E-state index contributed by atoms with van der Waals surface area (Å²) < 4.78 is 0. The van der Waals surface area contributed by atoms with Crippen LogP contribution in [-0.2, 0) is 9.59 Å². The molecule has 2 atom stereocenters. The van der Waals surface area contributed by atoms with Crippen molar-refractivity contribution in [1.82, 2.24) is 5.32 Å². The summed E-state index contributed by atoms with van der Waals surface area (Å²) in [5, 5.41) is 20.1. The summed E-state index contributed by atoms with van der Waals surface area (Å²) in [5.41, 5.74) is 4.13. The van der Waals surface area contributed by atoms with Crippen LogP contribution < -0.4 is 11.1 Å². The minimum Gasteiger partial charge on any atom is -0.480 e. The first-order chi connectivity index (χ1) is 5.96. The molecule has 0 aliphatic carbocycles. The maximum absolute atomic E-state index is 10.7. The van der Waals surface area contributed by atoms with Gasteiger partial charge in [-0.2, -0.15) is 0 Å². The molecule has 2 unspecified atom stereocenters. The van der Waals surface area contributed by atoms with E-state index in [-0.39, 0.29) is 12.8 Å². The average Bonchev–Trinajstić information content (AvgIpc) is 2.04. The Labute approximate surface area is 74.7 Å². The van der Waals surface area contributed by atoms with Crippen LogP contribution in [0.25, 0.3) is 0 Å². The molecular weight excluding hydrogens is 176 g/mol. The highest BCUT2D eigenvalue weighted by atomic mass is 16.4. The Hall–Kier alpha value is -1.14. The highest BCUT2D eigenvalue weighted by Crippen LogP contribution is 2.19. The molecule has 0 saturated carbocycles. The van der Waals surface area contributed by atoms with Crippen LogP contribution in [0.2, 0.25) is 0 Å². The highest BCUT2D eigenvalue weighted by molar-refractivity contribution is 5.81. The molecule has 1 fully saturated rings. The minimum absolute atomic E-state index is 0.0718. The standard InChI is InChI=1S/C7H12N2O4/c8-7(6(12)13)1-2-9-4(3-7)5(10)11/h4,9H,1-3,8H2,(H,10,11)(H,12,13). The normalized spacial score (nSPS) is 34.1. The maximum atomic E-state index is 10.7. The van der Waals surface area contributed by atoms with Gasteiger partial charge in [0.2, 0.25) is 0 Å². The largest absolute Gasteiger partial charge is 0.480 e. The molecular formula is C7H12N2O4. The topological polar surface area (TPSA) is 113 Å². The number of carboxylic acid groups (broad SMARTS) is 2. The number of nitrogens with two attached hydrogens (primary N) is 1. The summed E-state index contributed by atoms with van der Waals surface area (Å²) in [6.07, 6.45) is 0.184. The van der Waals surface area contributed by atoms with Crippen molar-refractivity contribution in [2.45, 2.75) is 24.4 Å². The summed E-state index contributed by atoms with van der Waals surface area (Å²) in [6.45, 7) is 0.319. The van der Waals surface area contributed by atoms with Crippen molar-refractivity contribution in [3.63, 3.8) is 0 Å². The lowest BCUT2D eigenvalue weighted by Crippen LogP contribution is -2.59. The number of rotatable bonds is 2. The minimum atomic E-state index is -1.39. The molecule has 0 bridgehead atoms. The summed E-state index contributed by atoms with van der Waals surface area (Å²) in [7, 11) is 0. The third-order valence-corrected chi connectivity index (χ3v) is 2.25. The van der Waals surface area contributed by atoms with Gasteiger partial charge in [-0.15, -0.1) is 0 Å². The SMILES string of the molecule is NC1(C(=O)O)CCNC(C(=O)O)C1. The molecule has 1 aliphatic heterocycles. The van der Waals surface area contributed by atoms with E-state index in [2.05, 4.69) is 5.32 Å². The van der Waals surface area contributed by atoms with Gasteiger partial charge in [-0.05, 0) is 13.0 Å². The fraction of sp³-hybridized carbons (Fsp3) is 0.714. The zero-order valence-corrected chi connectivity index (χ0v) is 6.99. The Morgan fingerprint density at radius 1 is 1.46 bits per heavy atom. The van der Waals surface area contributed by atoms with Gasteiger partial charge in [-0.25, -0.2) is 0 Å². The first-order valence-electron chi connectivity index (χ1n) is 3.94. The van der Waals surface area contributed by atoms with Crippen LogP contribution in [0.4, 0.5) is 0 Å². The van der Waals surface area contributed by atoms with Crippen LogP contribution in [0.5, 0.6) is 0 Å². The summed E-state index contributed by atoms with van der Waals surface area (Å²) in [5.74, 6) is -2.20. The predicted molar refractivity (Wildman–Crippen MR) is 43.2 cm³/mol. The molecule has 0 aromatic rings. The van der Waals surface area contributed by atoms with Gasteiger partial charge >= 0.3 is 11.9 Å². The molecule has 0 spiro atoms. The quantitative estimate of drug-likeness (QED) is 0.424. The van der Waals surface area contributed by atoms with Crippen molar-refractivity contribution >= 4 is 11.9 Å². The number of carbonyl (C=O) groups is 2. The van der Waals surface area contributed by atoms with Crippen molar-refractivity contribution in [2.75, 3.05) is 6.54 Å². The molecule has 0 aromatic heterocycles. The average molecular weight is 188 g/mol. The Kier molecular flexibility index (Phi) is 2.53. The van der Waals surface area contributed by atoms with Crippen LogP contribution in [-0.4, -0.2) is 40.3 Å². The first-order valence-corrected chi connectivity index (χ1v) is 3.94. The second-order valence-corrected chi connectivity index (χ2v) is 3.26. The van der Waals surface area contributed by atoms with E-state index in [0.717, 1.165) is 0 Å². The van der Waals surface area contributed by atoms with Crippen LogP contribution in [0.15, 0.2) is 0 Å². The van der Waals surface area contributed by atoms with Crippen molar-refractivity contribution in [3.05, 3.63) is 0 Å². The summed E-state index contributed by atoms with van der Waals surface area (Å²) in [6, 6.07) is -0.852. The Bertz CT molecular complexity index is 243. The van der Waals surface area contributed by atoms with Gasteiger partial charge in [0.1, 0.15) is 11.6 Å². The van der Waals surface area contributed by atoms with E-state index in [0.29, 0.717) is 6.54 Å². The van der Waals surface area contributed by atoms with Crippen LogP contribution in [0.1, 0.15) is 12.8 Å². The monoisotopic (exact) mass is 188 g/mol. The zero-order chi connectivity index (χ0) is 10.1. The van der Waals surface area contributed by atoms with Crippen molar-refractivity contribution < 1.29 is 19.8 Å². The van der Waals surface area contributed by atoms with Crippen molar-refractivity contribution in [3.8, 4) is 0 Å². The van der Waals surface area contributed by atoms with E-state index in [1.54, 1.807) is 0 Å². The fourth-order valence-corrected chi connectivity index (χ4v) is 1.38. The zero-order valence-electron chi connectivity index (χ0n) is 6.99. The lowest BCUT2D eigenvalue weighted by Gasteiger charge is -2.33. The molecule has 6 nitrogen and oxygen atoms in total. The summed E-state index contributed by atoms with van der Waals surface area (Å²) >= 11 is 0. The van der Waals surface area contributed by atoms with Gasteiger partial charge in [0.15, 0.2) is 0 Å². The van der Waals surface area contributed by atoms with E-state index in [9.17, 15) is 9.59 Å². The maximum Gasteiger partial charge on any atom is 0.323 e. The molecule has 6 heteroatoms. The third-order valence-electron chi connectivity index (χ3n) is 2.25. The van der Waals surface area contributed by atoms with Crippen molar-refractivity contribution in [2.24, 2.45) is 5.73 Å². The molecule has 1 rings (SSSR count). The molecule has 13 heavy (non-hydrogen) atoms. The van der Waals surface area contributed by atoms with E-state index in [1.807, 2.05) is 0 Å². The molecule has 0 amide bonds. The number of nitrogens with one attached hydrogen (secondary N) is 1. The lowest BCUT2D eigenvalue weighted by atomic mass is 9.85. The number of hydrogen-bond acceptors (Lipinski definition) is 4. The molecule has 5 N–H and O–H groups in total. The number of carboxylic acids is 2. The molecule has 1 saturated heterocycles. The predicted octanol–water partition coefficient (Wildman–Crippen LogP) is -1.39. The summed E-state index contributed by atoms with van der Waals surface area (Å²) in [4.78, 5) is 21.3. The second-order valence-electron chi connectivity index (χ2n) is 3.26. The Morgan fingerprint density at radius 3 is 2.54 bits per heavy atom. The van der Waals surface area contributed by atoms with Crippen LogP contribution in [0, 0.1) is 0 Å². The molecule has 1 aliphatic rings. The second kappa shape index (κ2) is 3.31. The van der Waals surface area contributed by atoms with E-state index in [1.165, 1.54) is 0 Å². The first kappa shape index (κ1) is 9.94. The van der Waals surface area contributed by atoms with E-state index in [4.69, 9.17) is 15.9 Å². The lowest BCUT2D eigenvalue weighted by molar-refractivity contribution is -0.147. The van der Waals surface area contributed by atoms with Crippen LogP contribution >= 0.6 is 0 Å².